The lowest BCUT2D eigenvalue weighted by atomic mass is 10.2. The highest BCUT2D eigenvalue weighted by atomic mass is 32.2. The van der Waals surface area contributed by atoms with E-state index in [9.17, 15) is 9.59 Å². The molecule has 0 saturated carbocycles. The van der Waals surface area contributed by atoms with Crippen LogP contribution in [0.2, 0.25) is 0 Å². The predicted octanol–water partition coefficient (Wildman–Crippen LogP) is 3.35. The zero-order valence-corrected chi connectivity index (χ0v) is 18.7. The molecule has 1 aliphatic rings. The van der Waals surface area contributed by atoms with Gasteiger partial charge in [-0.3, -0.25) is 9.59 Å². The van der Waals surface area contributed by atoms with Crippen LogP contribution in [0.15, 0.2) is 58.6 Å². The minimum atomic E-state index is -0.226. The Hall–Kier alpha value is -2.85. The summed E-state index contributed by atoms with van der Waals surface area (Å²) >= 11 is 2.84. The zero-order chi connectivity index (χ0) is 21.6. The van der Waals surface area contributed by atoms with Crippen LogP contribution in [-0.2, 0) is 4.79 Å². The zero-order valence-electron chi connectivity index (χ0n) is 17.0. The largest absolute Gasteiger partial charge is 0.342 e. The van der Waals surface area contributed by atoms with Crippen LogP contribution in [0.3, 0.4) is 0 Å². The number of aromatic nitrogens is 4. The van der Waals surface area contributed by atoms with E-state index in [2.05, 4.69) is 20.8 Å². The molecule has 1 saturated heterocycles. The molecule has 0 atom stereocenters. The SMILES string of the molecule is CSc1nnnn1-c1cccc(NC(=O)c2ccccc2SCC(=O)N2CCCC2)c1. The van der Waals surface area contributed by atoms with Crippen LogP contribution in [0.4, 0.5) is 5.69 Å². The number of thioether (sulfide) groups is 2. The van der Waals surface area contributed by atoms with Gasteiger partial charge in [-0.2, -0.15) is 4.68 Å². The molecule has 0 spiro atoms. The summed E-state index contributed by atoms with van der Waals surface area (Å²) in [7, 11) is 0. The van der Waals surface area contributed by atoms with Crippen molar-refractivity contribution in [3.05, 3.63) is 54.1 Å². The lowest BCUT2D eigenvalue weighted by Gasteiger charge is -2.15. The maximum Gasteiger partial charge on any atom is 0.256 e. The van der Waals surface area contributed by atoms with Gasteiger partial charge in [0.05, 0.1) is 17.0 Å². The Balaban J connectivity index is 1.47. The molecule has 2 aromatic carbocycles. The second-order valence-electron chi connectivity index (χ2n) is 6.95. The van der Waals surface area contributed by atoms with Gasteiger partial charge in [-0.25, -0.2) is 0 Å². The van der Waals surface area contributed by atoms with Crippen molar-refractivity contribution in [1.29, 1.82) is 0 Å². The second-order valence-corrected chi connectivity index (χ2v) is 8.75. The molecule has 10 heteroatoms. The lowest BCUT2D eigenvalue weighted by molar-refractivity contribution is -0.127. The van der Waals surface area contributed by atoms with Gasteiger partial charge >= 0.3 is 0 Å². The summed E-state index contributed by atoms with van der Waals surface area (Å²) in [6.45, 7) is 1.66. The fourth-order valence-electron chi connectivity index (χ4n) is 3.36. The van der Waals surface area contributed by atoms with Crippen molar-refractivity contribution in [2.45, 2.75) is 22.9 Å². The third kappa shape index (κ3) is 5.08. The Bertz CT molecular complexity index is 1080. The van der Waals surface area contributed by atoms with Crippen molar-refractivity contribution in [3.8, 4) is 5.69 Å². The van der Waals surface area contributed by atoms with Gasteiger partial charge in [0.15, 0.2) is 0 Å². The van der Waals surface area contributed by atoms with Crippen LogP contribution in [0.5, 0.6) is 0 Å². The van der Waals surface area contributed by atoms with E-state index in [1.54, 1.807) is 10.7 Å². The highest BCUT2D eigenvalue weighted by molar-refractivity contribution is 8.00. The van der Waals surface area contributed by atoms with Gasteiger partial charge in [0.2, 0.25) is 11.1 Å². The van der Waals surface area contributed by atoms with E-state index in [1.165, 1.54) is 23.5 Å². The van der Waals surface area contributed by atoms with Crippen LogP contribution in [-0.4, -0.2) is 62.0 Å². The molecule has 2 heterocycles. The molecule has 0 bridgehead atoms. The molecule has 31 heavy (non-hydrogen) atoms. The Morgan fingerprint density at radius 3 is 2.71 bits per heavy atom. The highest BCUT2D eigenvalue weighted by Crippen LogP contribution is 2.25. The van der Waals surface area contributed by atoms with Crippen molar-refractivity contribution < 1.29 is 9.59 Å². The Morgan fingerprint density at radius 2 is 1.90 bits per heavy atom. The van der Waals surface area contributed by atoms with Gasteiger partial charge in [-0.15, -0.1) is 16.9 Å². The molecule has 0 aliphatic carbocycles. The second kappa shape index (κ2) is 9.97. The summed E-state index contributed by atoms with van der Waals surface area (Å²) in [5.41, 5.74) is 1.93. The first-order valence-corrected chi connectivity index (χ1v) is 12.1. The monoisotopic (exact) mass is 454 g/mol. The van der Waals surface area contributed by atoms with Crippen molar-refractivity contribution in [2.24, 2.45) is 0 Å². The van der Waals surface area contributed by atoms with Crippen molar-refractivity contribution in [3.63, 3.8) is 0 Å². The maximum atomic E-state index is 13.0. The molecule has 1 aliphatic heterocycles. The molecule has 2 amide bonds. The van der Waals surface area contributed by atoms with Crippen LogP contribution in [0, 0.1) is 0 Å². The predicted molar refractivity (Wildman–Crippen MR) is 122 cm³/mol. The summed E-state index contributed by atoms with van der Waals surface area (Å²) < 4.78 is 1.62. The fourth-order valence-corrected chi connectivity index (χ4v) is 4.75. The number of carbonyl (C=O) groups excluding carboxylic acids is 2. The molecule has 1 N–H and O–H groups in total. The topological polar surface area (TPSA) is 93.0 Å². The summed E-state index contributed by atoms with van der Waals surface area (Å²) in [6, 6.07) is 14.7. The van der Waals surface area contributed by atoms with E-state index in [0.717, 1.165) is 36.5 Å². The molecule has 1 aromatic heterocycles. The highest BCUT2D eigenvalue weighted by Gasteiger charge is 2.19. The Kier molecular flexibility index (Phi) is 6.88. The van der Waals surface area contributed by atoms with E-state index in [0.29, 0.717) is 22.2 Å². The molecular weight excluding hydrogens is 432 g/mol. The maximum absolute atomic E-state index is 13.0. The summed E-state index contributed by atoms with van der Waals surface area (Å²) in [6.07, 6.45) is 4.03. The molecule has 0 unspecified atom stereocenters. The van der Waals surface area contributed by atoms with E-state index in [1.807, 2.05) is 53.6 Å². The normalized spacial score (nSPS) is 13.4. The number of hydrogen-bond acceptors (Lipinski definition) is 7. The third-order valence-corrected chi connectivity index (χ3v) is 6.59. The number of anilines is 1. The Morgan fingerprint density at radius 1 is 1.10 bits per heavy atom. The van der Waals surface area contributed by atoms with Gasteiger partial charge in [0.25, 0.3) is 5.91 Å². The van der Waals surface area contributed by atoms with Crippen LogP contribution < -0.4 is 5.32 Å². The number of likely N-dealkylation sites (tertiary alicyclic amines) is 1. The number of tetrazole rings is 1. The molecular formula is C21H22N6O2S2. The van der Waals surface area contributed by atoms with Gasteiger partial charge in [0.1, 0.15) is 0 Å². The van der Waals surface area contributed by atoms with Crippen molar-refractivity contribution in [1.82, 2.24) is 25.1 Å². The number of carbonyl (C=O) groups is 2. The molecule has 3 aromatic rings. The smallest absolute Gasteiger partial charge is 0.256 e. The third-order valence-electron chi connectivity index (χ3n) is 4.91. The molecule has 4 rings (SSSR count). The van der Waals surface area contributed by atoms with Gasteiger partial charge in [-0.1, -0.05) is 30.0 Å². The van der Waals surface area contributed by atoms with Gasteiger partial charge in [0, 0.05) is 23.7 Å². The molecule has 0 radical (unpaired) electrons. The number of hydrogen-bond donors (Lipinski definition) is 1. The first-order chi connectivity index (χ1) is 15.2. The van der Waals surface area contributed by atoms with Gasteiger partial charge in [-0.05, 0) is 59.9 Å². The van der Waals surface area contributed by atoms with Gasteiger partial charge < -0.3 is 10.2 Å². The minimum Gasteiger partial charge on any atom is -0.342 e. The number of rotatable bonds is 7. The fraction of sp³-hybridized carbons (Fsp3) is 0.286. The molecule has 160 valence electrons. The van der Waals surface area contributed by atoms with E-state index >= 15 is 0 Å². The average Bonchev–Trinajstić information content (AvgIpc) is 3.50. The first-order valence-electron chi connectivity index (χ1n) is 9.89. The van der Waals surface area contributed by atoms with Crippen LogP contribution in [0.1, 0.15) is 23.2 Å². The number of nitrogens with one attached hydrogen (secondary N) is 1. The average molecular weight is 455 g/mol. The van der Waals surface area contributed by atoms with Crippen LogP contribution >= 0.6 is 23.5 Å². The minimum absolute atomic E-state index is 0.122. The quantitative estimate of drug-likeness (QED) is 0.547. The van der Waals surface area contributed by atoms with Crippen molar-refractivity contribution in [2.75, 3.05) is 30.4 Å². The number of benzene rings is 2. The first kappa shape index (κ1) is 21.4. The van der Waals surface area contributed by atoms with Crippen molar-refractivity contribution >= 4 is 41.0 Å². The Labute approximate surface area is 188 Å². The molecule has 8 nitrogen and oxygen atoms in total. The molecule has 1 fully saturated rings. The summed E-state index contributed by atoms with van der Waals surface area (Å²) in [5.74, 6) is 0.225. The van der Waals surface area contributed by atoms with Crippen LogP contribution in [0.25, 0.3) is 5.69 Å². The number of amides is 2. The lowest BCUT2D eigenvalue weighted by Crippen LogP contribution is -2.29. The van der Waals surface area contributed by atoms with E-state index in [4.69, 9.17) is 0 Å². The summed E-state index contributed by atoms with van der Waals surface area (Å²) in [4.78, 5) is 28.0. The van der Waals surface area contributed by atoms with E-state index in [-0.39, 0.29) is 11.8 Å². The number of nitrogens with zero attached hydrogens (tertiary/aromatic N) is 5. The van der Waals surface area contributed by atoms with E-state index < -0.39 is 0 Å². The summed E-state index contributed by atoms with van der Waals surface area (Å²) in [5, 5.41) is 15.3. The standard InChI is InChI=1S/C21H22N6O2S2/c1-30-21-23-24-25-27(21)16-8-6-7-15(13-16)22-20(29)17-9-2-3-10-18(17)31-14-19(28)26-11-4-5-12-26/h2-3,6-10,13H,4-5,11-12,14H2,1H3,(H,22,29).